The van der Waals surface area contributed by atoms with Crippen LogP contribution in [0.15, 0.2) is 12.3 Å². The molecule has 0 aromatic carbocycles. The Morgan fingerprint density at radius 3 is 2.57 bits per heavy atom. The molecular weight excluding hydrogens is 378 g/mol. The first kappa shape index (κ1) is 21.8. The van der Waals surface area contributed by atoms with Crippen molar-refractivity contribution in [2.24, 2.45) is 5.92 Å². The Labute approximate surface area is 181 Å². The van der Waals surface area contributed by atoms with Crippen LogP contribution in [0, 0.1) is 5.92 Å². The van der Waals surface area contributed by atoms with Crippen LogP contribution in [0.1, 0.15) is 56.9 Å². The summed E-state index contributed by atoms with van der Waals surface area (Å²) in [5.41, 5.74) is 0.520. The second-order valence-corrected chi connectivity index (χ2v) is 9.76. The predicted molar refractivity (Wildman–Crippen MR) is 118 cm³/mol. The first-order valence-electron chi connectivity index (χ1n) is 11.9. The van der Waals surface area contributed by atoms with E-state index in [1.54, 1.807) is 0 Å². The number of carbonyl (C=O) groups excluding carboxylic acids is 1. The maximum absolute atomic E-state index is 12.8. The van der Waals surface area contributed by atoms with Gasteiger partial charge in [-0.1, -0.05) is 13.8 Å². The molecule has 3 saturated heterocycles. The number of hydrogen-bond acceptors (Lipinski definition) is 5. The van der Waals surface area contributed by atoms with Crippen LogP contribution in [0.2, 0.25) is 0 Å². The number of amides is 1. The molecule has 1 aromatic rings. The standard InChI is InChI=1S/C23H39N5O2/c1-4-28-9-5-21(24-28)22(29)27-10-7-23(8-11-27)17-20(6-16-30-23)26-14-12-25(13-15-26)18-19(2)3/h5,9,19-20H,4,6-8,10-18H2,1-3H3. The molecule has 4 heterocycles. The summed E-state index contributed by atoms with van der Waals surface area (Å²) in [4.78, 5) is 20.1. The number of hydrogen-bond donors (Lipinski definition) is 0. The van der Waals surface area contributed by atoms with Crippen molar-refractivity contribution in [1.82, 2.24) is 24.5 Å². The minimum atomic E-state index is -0.0441. The van der Waals surface area contributed by atoms with Crippen molar-refractivity contribution in [1.29, 1.82) is 0 Å². The largest absolute Gasteiger partial charge is 0.375 e. The number of ether oxygens (including phenoxy) is 1. The van der Waals surface area contributed by atoms with Gasteiger partial charge in [0.05, 0.1) is 5.60 Å². The lowest BCUT2D eigenvalue weighted by atomic mass is 9.81. The fraction of sp³-hybridized carbons (Fsp3) is 0.826. The molecule has 0 N–H and O–H groups in total. The second kappa shape index (κ2) is 9.37. The van der Waals surface area contributed by atoms with E-state index < -0.39 is 0 Å². The van der Waals surface area contributed by atoms with Crippen LogP contribution in [0.25, 0.3) is 0 Å². The lowest BCUT2D eigenvalue weighted by Gasteiger charge is -2.49. The van der Waals surface area contributed by atoms with E-state index in [0.29, 0.717) is 11.7 Å². The molecular formula is C23H39N5O2. The number of aromatic nitrogens is 2. The molecule has 7 heteroatoms. The quantitative estimate of drug-likeness (QED) is 0.736. The van der Waals surface area contributed by atoms with E-state index in [9.17, 15) is 4.79 Å². The number of nitrogens with zero attached hydrogens (tertiary/aromatic N) is 5. The zero-order valence-electron chi connectivity index (χ0n) is 19.1. The smallest absolute Gasteiger partial charge is 0.274 e. The highest BCUT2D eigenvalue weighted by Gasteiger charge is 2.43. The summed E-state index contributed by atoms with van der Waals surface area (Å²) in [6, 6.07) is 2.46. The summed E-state index contributed by atoms with van der Waals surface area (Å²) in [6.45, 7) is 15.8. The van der Waals surface area contributed by atoms with Crippen molar-refractivity contribution in [3.63, 3.8) is 0 Å². The number of rotatable bonds is 5. The number of piperazine rings is 1. The van der Waals surface area contributed by atoms with Gasteiger partial charge in [0.25, 0.3) is 5.91 Å². The van der Waals surface area contributed by atoms with Crippen LogP contribution < -0.4 is 0 Å². The van der Waals surface area contributed by atoms with E-state index in [0.717, 1.165) is 57.8 Å². The van der Waals surface area contributed by atoms with Gasteiger partial charge in [-0.25, -0.2) is 0 Å². The molecule has 1 unspecified atom stereocenters. The van der Waals surface area contributed by atoms with Crippen molar-refractivity contribution < 1.29 is 9.53 Å². The van der Waals surface area contributed by atoms with E-state index in [1.165, 1.54) is 32.7 Å². The Hall–Kier alpha value is -1.44. The summed E-state index contributed by atoms with van der Waals surface area (Å²) < 4.78 is 8.18. The lowest BCUT2D eigenvalue weighted by Crippen LogP contribution is -2.57. The van der Waals surface area contributed by atoms with Gasteiger partial charge in [0.2, 0.25) is 0 Å². The van der Waals surface area contributed by atoms with E-state index in [1.807, 2.05) is 28.8 Å². The fourth-order valence-electron chi connectivity index (χ4n) is 5.42. The zero-order chi connectivity index (χ0) is 21.1. The van der Waals surface area contributed by atoms with E-state index in [-0.39, 0.29) is 11.5 Å². The van der Waals surface area contributed by atoms with Crippen molar-refractivity contribution >= 4 is 5.91 Å². The molecule has 0 saturated carbocycles. The van der Waals surface area contributed by atoms with Crippen LogP contribution in [0.5, 0.6) is 0 Å². The molecule has 3 aliphatic rings. The van der Waals surface area contributed by atoms with Crippen molar-refractivity contribution in [3.05, 3.63) is 18.0 Å². The van der Waals surface area contributed by atoms with Crippen LogP contribution >= 0.6 is 0 Å². The van der Waals surface area contributed by atoms with Crippen LogP contribution in [0.4, 0.5) is 0 Å². The predicted octanol–water partition coefficient (Wildman–Crippen LogP) is 2.33. The van der Waals surface area contributed by atoms with Gasteiger partial charge in [-0.2, -0.15) is 5.10 Å². The summed E-state index contributed by atoms with van der Waals surface area (Å²) in [5, 5.41) is 4.39. The third-order valence-electron chi connectivity index (χ3n) is 7.16. The van der Waals surface area contributed by atoms with Gasteiger partial charge in [-0.3, -0.25) is 14.4 Å². The molecule has 4 rings (SSSR count). The Bertz CT molecular complexity index is 702. The summed E-state index contributed by atoms with van der Waals surface area (Å²) >= 11 is 0. The first-order valence-corrected chi connectivity index (χ1v) is 11.9. The molecule has 0 radical (unpaired) electrons. The van der Waals surface area contributed by atoms with Gasteiger partial charge in [0.1, 0.15) is 5.69 Å². The first-order chi connectivity index (χ1) is 14.5. The molecule has 3 aliphatic heterocycles. The number of carbonyl (C=O) groups is 1. The highest BCUT2D eigenvalue weighted by molar-refractivity contribution is 5.92. The van der Waals surface area contributed by atoms with Crippen LogP contribution in [-0.4, -0.2) is 94.5 Å². The molecule has 0 aliphatic carbocycles. The normalized spacial score (nSPS) is 25.9. The molecule has 3 fully saturated rings. The Balaban J connectivity index is 1.29. The minimum Gasteiger partial charge on any atom is -0.375 e. The van der Waals surface area contributed by atoms with E-state index >= 15 is 0 Å². The van der Waals surface area contributed by atoms with E-state index in [4.69, 9.17) is 4.74 Å². The highest BCUT2D eigenvalue weighted by Crippen LogP contribution is 2.37. The second-order valence-electron chi connectivity index (χ2n) is 9.76. The van der Waals surface area contributed by atoms with Gasteiger partial charge in [0, 0.05) is 71.2 Å². The average molecular weight is 418 g/mol. The monoisotopic (exact) mass is 417 g/mol. The van der Waals surface area contributed by atoms with Crippen molar-refractivity contribution in [2.45, 2.75) is 64.6 Å². The Morgan fingerprint density at radius 1 is 1.20 bits per heavy atom. The average Bonchev–Trinajstić information content (AvgIpc) is 3.23. The summed E-state index contributed by atoms with van der Waals surface area (Å²) in [5.74, 6) is 0.803. The highest BCUT2D eigenvalue weighted by atomic mass is 16.5. The van der Waals surface area contributed by atoms with Gasteiger partial charge in [0.15, 0.2) is 0 Å². The van der Waals surface area contributed by atoms with Crippen LogP contribution in [0.3, 0.4) is 0 Å². The maximum atomic E-state index is 12.8. The third kappa shape index (κ3) is 4.89. The van der Waals surface area contributed by atoms with Crippen molar-refractivity contribution in [3.8, 4) is 0 Å². The Kier molecular flexibility index (Phi) is 6.80. The molecule has 1 spiro atoms. The third-order valence-corrected chi connectivity index (χ3v) is 7.16. The zero-order valence-corrected chi connectivity index (χ0v) is 19.1. The molecule has 0 bridgehead atoms. The van der Waals surface area contributed by atoms with Crippen LogP contribution in [-0.2, 0) is 11.3 Å². The van der Waals surface area contributed by atoms with Gasteiger partial charge in [-0.05, 0) is 44.6 Å². The Morgan fingerprint density at radius 2 is 1.93 bits per heavy atom. The van der Waals surface area contributed by atoms with E-state index in [2.05, 4.69) is 28.7 Å². The van der Waals surface area contributed by atoms with Gasteiger partial charge in [-0.15, -0.1) is 0 Å². The lowest BCUT2D eigenvalue weighted by molar-refractivity contribution is -0.132. The number of aryl methyl sites for hydroxylation is 1. The molecule has 30 heavy (non-hydrogen) atoms. The molecule has 168 valence electrons. The van der Waals surface area contributed by atoms with Gasteiger partial charge < -0.3 is 14.5 Å². The number of piperidine rings is 1. The van der Waals surface area contributed by atoms with Gasteiger partial charge >= 0.3 is 0 Å². The molecule has 7 nitrogen and oxygen atoms in total. The maximum Gasteiger partial charge on any atom is 0.274 e. The van der Waals surface area contributed by atoms with Crippen molar-refractivity contribution in [2.75, 3.05) is 52.4 Å². The SMILES string of the molecule is CCn1ccc(C(=O)N2CCC3(CC2)CC(N2CCN(CC(C)C)CC2)CCO3)n1. The minimum absolute atomic E-state index is 0.0441. The topological polar surface area (TPSA) is 53.8 Å². The fourth-order valence-corrected chi connectivity index (χ4v) is 5.42. The molecule has 1 aromatic heterocycles. The molecule has 1 atom stereocenters. The number of likely N-dealkylation sites (tertiary alicyclic amines) is 1. The summed E-state index contributed by atoms with van der Waals surface area (Å²) in [6.07, 6.45) is 6.02. The summed E-state index contributed by atoms with van der Waals surface area (Å²) in [7, 11) is 0. The molecule has 1 amide bonds.